The van der Waals surface area contributed by atoms with E-state index in [0.29, 0.717) is 55.3 Å². The van der Waals surface area contributed by atoms with E-state index in [9.17, 15) is 28.8 Å². The fourth-order valence-corrected chi connectivity index (χ4v) is 9.17. The molecule has 17 heteroatoms. The third-order valence-electron chi connectivity index (χ3n) is 13.3. The number of carbonyl (C=O) groups is 6. The molecule has 0 heterocycles. The van der Waals surface area contributed by atoms with Crippen LogP contribution >= 0.6 is 21.4 Å². The Balaban J connectivity index is 0.000000495. The lowest BCUT2D eigenvalue weighted by Gasteiger charge is -2.36. The van der Waals surface area contributed by atoms with Crippen molar-refractivity contribution in [1.82, 2.24) is 0 Å². The molecular weight excluding hydrogens is 879 g/mol. The van der Waals surface area contributed by atoms with Crippen LogP contribution in [0.2, 0.25) is 0 Å². The fraction of sp³-hybridized carbons (Fsp3) is 0.783. The molecule has 4 N–H and O–H groups in total. The Morgan fingerprint density at radius 2 is 0.778 bits per heavy atom. The number of carboxylic acid groups (broad SMARTS) is 3. The van der Waals surface area contributed by atoms with Gasteiger partial charge in [-0.05, 0) is 164 Å². The molecule has 4 aliphatic carbocycles. The van der Waals surface area contributed by atoms with E-state index in [-0.39, 0.29) is 42.2 Å². The van der Waals surface area contributed by atoms with Gasteiger partial charge in [0.1, 0.15) is 0 Å². The van der Waals surface area contributed by atoms with Crippen LogP contribution in [0.1, 0.15) is 142 Å². The lowest BCUT2D eigenvalue weighted by atomic mass is 9.69. The maximum absolute atomic E-state index is 12.4. The summed E-state index contributed by atoms with van der Waals surface area (Å²) >= 11 is 0. The monoisotopic (exact) mass is 952 g/mol. The van der Waals surface area contributed by atoms with Gasteiger partial charge in [0.05, 0.1) is 43.5 Å². The van der Waals surface area contributed by atoms with Crippen LogP contribution in [0.5, 0.6) is 0 Å². The minimum Gasteiger partial charge on any atom is -0.481 e. The molecule has 0 spiro atoms. The van der Waals surface area contributed by atoms with Crippen molar-refractivity contribution >= 4 is 66.4 Å². The molecule has 63 heavy (non-hydrogen) atoms. The second kappa shape index (κ2) is 33.5. The second-order valence-corrected chi connectivity index (χ2v) is 20.2. The standard InChI is InChI=1S/C23H36O6.C14H22O4.C9H16O3.Cl2OS/c1-3-21(24)28-14-12-16(2)13-15-29-23(27)20-10-6-18(7-11-20)17-4-8-19(9-5-17)22(25)26;15-13(16)11-5-1-9(2-6-11)10-3-7-12(8-4-10)14(17)18;1-3-9(11)12-7-5-8(2)4-6-10;1-4(2)3/h3,16-20H,1,4-15H2,2H3,(H,25,26);9-12H,1-8H2,(H,15,16)(H,17,18);3,8,10H,1,4-7H2,2H3;. The first-order chi connectivity index (χ1) is 29.9. The number of hydrogen-bond acceptors (Lipinski definition) is 11. The molecule has 14 nitrogen and oxygen atoms in total. The average molecular weight is 954 g/mol. The summed E-state index contributed by atoms with van der Waals surface area (Å²) in [5.41, 5.74) is 0. The first kappa shape index (κ1) is 58.0. The maximum atomic E-state index is 12.4. The highest BCUT2D eigenvalue weighted by Crippen LogP contribution is 2.43. The molecule has 0 aromatic carbocycles. The van der Waals surface area contributed by atoms with Crippen LogP contribution < -0.4 is 0 Å². The van der Waals surface area contributed by atoms with Crippen molar-refractivity contribution in [3.63, 3.8) is 0 Å². The number of aliphatic carboxylic acids is 3. The van der Waals surface area contributed by atoms with Gasteiger partial charge < -0.3 is 34.6 Å². The number of rotatable bonds is 19. The summed E-state index contributed by atoms with van der Waals surface area (Å²) in [6.45, 7) is 12.1. The van der Waals surface area contributed by atoms with Gasteiger partial charge in [0.15, 0.2) is 0 Å². The highest BCUT2D eigenvalue weighted by molar-refractivity contribution is 8.26. The van der Waals surface area contributed by atoms with Crippen LogP contribution in [0.4, 0.5) is 0 Å². The van der Waals surface area contributed by atoms with Crippen LogP contribution in [0, 0.1) is 59.2 Å². The number of halogens is 2. The molecule has 0 saturated heterocycles. The Morgan fingerprint density at radius 1 is 0.524 bits per heavy atom. The second-order valence-electron chi connectivity index (χ2n) is 17.6. The summed E-state index contributed by atoms with van der Waals surface area (Å²) in [6, 6.07) is 0. The Morgan fingerprint density at radius 3 is 1.03 bits per heavy atom. The Hall–Kier alpha value is -3.01. The smallest absolute Gasteiger partial charge is 0.330 e. The van der Waals surface area contributed by atoms with Gasteiger partial charge in [-0.3, -0.25) is 19.2 Å². The number of aliphatic hydroxyl groups excluding tert-OH is 1. The highest BCUT2D eigenvalue weighted by Gasteiger charge is 2.36. The van der Waals surface area contributed by atoms with Gasteiger partial charge in [-0.25, -0.2) is 13.8 Å². The third kappa shape index (κ3) is 25.9. The molecular formula is C46H74Cl2O14S. The highest BCUT2D eigenvalue weighted by atomic mass is 36.0. The van der Waals surface area contributed by atoms with Crippen LogP contribution in [-0.2, 0) is 52.2 Å². The quantitative estimate of drug-likeness (QED) is 0.0410. The van der Waals surface area contributed by atoms with E-state index in [0.717, 1.165) is 141 Å². The molecule has 4 aliphatic rings. The summed E-state index contributed by atoms with van der Waals surface area (Å²) in [5, 5.41) is 35.6. The number of hydrogen-bond donors (Lipinski definition) is 4. The van der Waals surface area contributed by atoms with Crippen molar-refractivity contribution in [2.24, 2.45) is 59.2 Å². The lowest BCUT2D eigenvalue weighted by Crippen LogP contribution is -2.30. The van der Waals surface area contributed by atoms with Gasteiger partial charge in [0.25, 0.3) is 0 Å². The van der Waals surface area contributed by atoms with Gasteiger partial charge in [0.2, 0.25) is 9.23 Å². The predicted octanol–water partition coefficient (Wildman–Crippen LogP) is 9.31. The normalized spacial score (nSPS) is 26.4. The van der Waals surface area contributed by atoms with E-state index in [1.807, 2.05) is 6.92 Å². The van der Waals surface area contributed by atoms with Gasteiger partial charge in [-0.1, -0.05) is 27.0 Å². The topological polar surface area (TPSA) is 228 Å². The number of esters is 3. The molecule has 2 unspecified atom stereocenters. The summed E-state index contributed by atoms with van der Waals surface area (Å²) < 4.78 is 24.3. The predicted molar refractivity (Wildman–Crippen MR) is 242 cm³/mol. The molecule has 0 aromatic rings. The van der Waals surface area contributed by atoms with Gasteiger partial charge >= 0.3 is 35.8 Å². The van der Waals surface area contributed by atoms with Crippen molar-refractivity contribution in [2.45, 2.75) is 142 Å². The molecule has 0 aliphatic heterocycles. The van der Waals surface area contributed by atoms with Gasteiger partial charge in [-0.15, -0.1) is 0 Å². The van der Waals surface area contributed by atoms with E-state index >= 15 is 0 Å². The van der Waals surface area contributed by atoms with Crippen molar-refractivity contribution in [1.29, 1.82) is 0 Å². The van der Waals surface area contributed by atoms with Gasteiger partial charge in [-0.2, -0.15) is 0 Å². The van der Waals surface area contributed by atoms with Crippen molar-refractivity contribution in [2.75, 3.05) is 26.4 Å². The largest absolute Gasteiger partial charge is 0.481 e. The van der Waals surface area contributed by atoms with Crippen LogP contribution in [0.3, 0.4) is 0 Å². The van der Waals surface area contributed by atoms with Crippen LogP contribution in [0.15, 0.2) is 25.3 Å². The summed E-state index contributed by atoms with van der Waals surface area (Å²) in [4.78, 5) is 66.8. The average Bonchev–Trinajstić information content (AvgIpc) is 3.26. The number of ether oxygens (including phenoxy) is 3. The van der Waals surface area contributed by atoms with E-state index in [1.165, 1.54) is 0 Å². The zero-order valence-electron chi connectivity index (χ0n) is 37.3. The molecule has 0 radical (unpaired) electrons. The zero-order valence-corrected chi connectivity index (χ0v) is 39.7. The van der Waals surface area contributed by atoms with E-state index in [2.05, 4.69) is 41.4 Å². The minimum absolute atomic E-state index is 0.00506. The third-order valence-corrected chi connectivity index (χ3v) is 13.3. The summed E-state index contributed by atoms with van der Waals surface area (Å²) in [6.07, 6.45) is 20.1. The molecule has 0 bridgehead atoms. The molecule has 4 rings (SSSR count). The van der Waals surface area contributed by atoms with E-state index in [4.69, 9.17) is 38.8 Å². The molecule has 4 saturated carbocycles. The fourth-order valence-electron chi connectivity index (χ4n) is 9.17. The Labute approximate surface area is 385 Å². The summed E-state index contributed by atoms with van der Waals surface area (Å²) in [7, 11) is 7.36. The van der Waals surface area contributed by atoms with E-state index in [1.54, 1.807) is 0 Å². The molecule has 0 amide bonds. The van der Waals surface area contributed by atoms with Crippen LogP contribution in [-0.4, -0.2) is 86.9 Å². The molecule has 0 aromatic heterocycles. The molecule has 2 atom stereocenters. The van der Waals surface area contributed by atoms with Crippen molar-refractivity contribution in [3.05, 3.63) is 25.3 Å². The molecule has 362 valence electrons. The van der Waals surface area contributed by atoms with Crippen LogP contribution in [0.25, 0.3) is 0 Å². The van der Waals surface area contributed by atoms with E-state index < -0.39 is 33.1 Å². The number of aliphatic hydroxyl groups is 1. The van der Waals surface area contributed by atoms with Crippen molar-refractivity contribution in [3.8, 4) is 0 Å². The molecule has 4 fully saturated rings. The SMILES string of the molecule is C=CC(=O)OCCC(C)CCO.C=CC(=O)OCCC(C)CCOC(=O)C1CCC(C2CCC(C(=O)O)CC2)CC1.O=C(O)C1CCC(C2CCC(C(=O)O)CC2)CC1.O=S(Cl)Cl. The summed E-state index contributed by atoms with van der Waals surface area (Å²) in [5.74, 6) is -0.0227. The maximum Gasteiger partial charge on any atom is 0.330 e. The first-order valence-electron chi connectivity index (χ1n) is 22.7. The van der Waals surface area contributed by atoms with Crippen molar-refractivity contribution < 1.29 is 67.6 Å². The minimum atomic E-state index is -1.67. The number of carbonyl (C=O) groups excluding carboxylic acids is 3. The Bertz CT molecular complexity index is 1380. The Kier molecular flexibility index (Phi) is 30.8. The first-order valence-corrected chi connectivity index (χ1v) is 25.5. The zero-order chi connectivity index (χ0) is 47.3. The lowest BCUT2D eigenvalue weighted by molar-refractivity contribution is -0.151. The number of carboxylic acids is 3. The van der Waals surface area contributed by atoms with Gasteiger partial charge in [0, 0.05) is 40.1 Å².